The number of nitrogens with zero attached hydrogens (tertiary/aromatic N) is 1. The number of amides is 2. The van der Waals surface area contributed by atoms with Crippen LogP contribution < -0.4 is 5.32 Å². The van der Waals surface area contributed by atoms with Crippen LogP contribution in [0.4, 0.5) is 4.39 Å². The van der Waals surface area contributed by atoms with Crippen LogP contribution in [0.2, 0.25) is 0 Å². The molecule has 2 amide bonds. The predicted octanol–water partition coefficient (Wildman–Crippen LogP) is 3.62. The molecule has 0 heterocycles. The molecule has 1 unspecified atom stereocenters. The minimum atomic E-state index is -0.613. The Morgan fingerprint density at radius 2 is 1.78 bits per heavy atom. The van der Waals surface area contributed by atoms with Gasteiger partial charge in [-0.1, -0.05) is 43.3 Å². The summed E-state index contributed by atoms with van der Waals surface area (Å²) in [5.41, 5.74) is 2.76. The van der Waals surface area contributed by atoms with Gasteiger partial charge in [0.05, 0.1) is 6.42 Å². The second-order valence-corrected chi connectivity index (χ2v) is 6.72. The molecule has 0 aliphatic carbocycles. The van der Waals surface area contributed by atoms with Gasteiger partial charge in [-0.3, -0.25) is 9.59 Å². The molecular weight excluding hydrogens is 343 g/mol. The molecule has 5 heteroatoms. The van der Waals surface area contributed by atoms with Crippen molar-refractivity contribution in [1.29, 1.82) is 0 Å². The zero-order chi connectivity index (χ0) is 19.8. The van der Waals surface area contributed by atoms with E-state index in [0.29, 0.717) is 6.54 Å². The zero-order valence-electron chi connectivity index (χ0n) is 16.2. The molecule has 0 saturated carbocycles. The van der Waals surface area contributed by atoms with Gasteiger partial charge in [0, 0.05) is 13.1 Å². The molecule has 0 bridgehead atoms. The first kappa shape index (κ1) is 20.6. The Morgan fingerprint density at radius 3 is 2.41 bits per heavy atom. The summed E-state index contributed by atoms with van der Waals surface area (Å²) >= 11 is 0. The highest BCUT2D eigenvalue weighted by molar-refractivity contribution is 5.88. The molecular formula is C22H27FN2O2. The Bertz CT molecular complexity index is 774. The molecule has 144 valence electrons. The normalized spacial score (nSPS) is 11.7. The van der Waals surface area contributed by atoms with E-state index in [-0.39, 0.29) is 30.6 Å². The molecule has 4 nitrogen and oxygen atoms in total. The van der Waals surface area contributed by atoms with E-state index in [2.05, 4.69) is 5.32 Å². The lowest BCUT2D eigenvalue weighted by Crippen LogP contribution is -2.48. The summed E-state index contributed by atoms with van der Waals surface area (Å²) < 4.78 is 13.2. The molecule has 0 aliphatic rings. The first-order chi connectivity index (χ1) is 12.9. The van der Waals surface area contributed by atoms with Gasteiger partial charge in [0.15, 0.2) is 0 Å². The fraction of sp³-hybridized carbons (Fsp3) is 0.364. The van der Waals surface area contributed by atoms with Crippen LogP contribution >= 0.6 is 0 Å². The summed E-state index contributed by atoms with van der Waals surface area (Å²) in [5.74, 6) is -0.643. The van der Waals surface area contributed by atoms with Crippen molar-refractivity contribution < 1.29 is 14.0 Å². The number of benzene rings is 2. The summed E-state index contributed by atoms with van der Waals surface area (Å²) in [5, 5.41) is 2.84. The van der Waals surface area contributed by atoms with Gasteiger partial charge >= 0.3 is 0 Å². The number of carbonyl (C=O) groups is 2. The highest BCUT2D eigenvalue weighted by Crippen LogP contribution is 2.15. The Hall–Kier alpha value is -2.69. The van der Waals surface area contributed by atoms with E-state index in [9.17, 15) is 14.0 Å². The van der Waals surface area contributed by atoms with E-state index in [4.69, 9.17) is 0 Å². The van der Waals surface area contributed by atoms with Crippen LogP contribution in [-0.2, 0) is 22.6 Å². The Balaban J connectivity index is 2.21. The molecule has 0 radical (unpaired) electrons. The van der Waals surface area contributed by atoms with E-state index < -0.39 is 6.04 Å². The third-order valence-corrected chi connectivity index (χ3v) is 4.59. The van der Waals surface area contributed by atoms with Crippen LogP contribution in [0, 0.1) is 12.7 Å². The first-order valence-corrected chi connectivity index (χ1v) is 9.28. The highest BCUT2D eigenvalue weighted by atomic mass is 19.1. The number of hydrogen-bond acceptors (Lipinski definition) is 2. The molecule has 1 N–H and O–H groups in total. The summed E-state index contributed by atoms with van der Waals surface area (Å²) in [6, 6.07) is 13.1. The maximum atomic E-state index is 13.2. The minimum Gasteiger partial charge on any atom is -0.354 e. The smallest absolute Gasteiger partial charge is 0.242 e. The predicted molar refractivity (Wildman–Crippen MR) is 105 cm³/mol. The number of carbonyl (C=O) groups excluding carboxylic acids is 2. The van der Waals surface area contributed by atoms with Gasteiger partial charge < -0.3 is 10.2 Å². The highest BCUT2D eigenvalue weighted by Gasteiger charge is 2.26. The monoisotopic (exact) mass is 370 g/mol. The fourth-order valence-electron chi connectivity index (χ4n) is 2.84. The summed E-state index contributed by atoms with van der Waals surface area (Å²) in [4.78, 5) is 27.0. The molecule has 0 spiro atoms. The van der Waals surface area contributed by atoms with Crippen molar-refractivity contribution in [3.8, 4) is 0 Å². The maximum absolute atomic E-state index is 13.2. The van der Waals surface area contributed by atoms with E-state index >= 15 is 0 Å². The molecule has 2 rings (SSSR count). The number of nitrogens with one attached hydrogen (secondary N) is 1. The molecule has 0 saturated heterocycles. The Morgan fingerprint density at radius 1 is 1.11 bits per heavy atom. The zero-order valence-corrected chi connectivity index (χ0v) is 16.2. The van der Waals surface area contributed by atoms with E-state index in [0.717, 1.165) is 23.1 Å². The van der Waals surface area contributed by atoms with Crippen LogP contribution in [0.15, 0.2) is 48.5 Å². The lowest BCUT2D eigenvalue weighted by Gasteiger charge is -2.29. The van der Waals surface area contributed by atoms with Crippen LogP contribution in [0.25, 0.3) is 0 Å². The van der Waals surface area contributed by atoms with E-state index in [1.165, 1.54) is 12.1 Å². The molecule has 2 aromatic rings. The molecule has 0 aliphatic heterocycles. The van der Waals surface area contributed by atoms with Gasteiger partial charge in [0.1, 0.15) is 11.9 Å². The van der Waals surface area contributed by atoms with Crippen LogP contribution in [0.5, 0.6) is 0 Å². The largest absolute Gasteiger partial charge is 0.354 e. The quantitative estimate of drug-likeness (QED) is 0.772. The molecule has 2 aromatic carbocycles. The van der Waals surface area contributed by atoms with Crippen LogP contribution in [0.1, 0.15) is 37.0 Å². The van der Waals surface area contributed by atoms with Crippen molar-refractivity contribution in [1.82, 2.24) is 10.2 Å². The lowest BCUT2D eigenvalue weighted by atomic mass is 10.0. The van der Waals surface area contributed by atoms with Gasteiger partial charge in [0.2, 0.25) is 11.8 Å². The van der Waals surface area contributed by atoms with Crippen LogP contribution in [0.3, 0.4) is 0 Å². The fourth-order valence-corrected chi connectivity index (χ4v) is 2.84. The van der Waals surface area contributed by atoms with E-state index in [1.54, 1.807) is 24.0 Å². The van der Waals surface area contributed by atoms with Gasteiger partial charge in [-0.15, -0.1) is 0 Å². The topological polar surface area (TPSA) is 49.4 Å². The molecule has 1 atom stereocenters. The number of aryl methyl sites for hydroxylation is 1. The van der Waals surface area contributed by atoms with Gasteiger partial charge in [0.25, 0.3) is 0 Å². The average molecular weight is 370 g/mol. The molecule has 27 heavy (non-hydrogen) atoms. The Kier molecular flexibility index (Phi) is 7.53. The number of hydrogen-bond donors (Lipinski definition) is 1. The van der Waals surface area contributed by atoms with Crippen molar-refractivity contribution in [2.75, 3.05) is 6.54 Å². The number of halogens is 1. The minimum absolute atomic E-state index is 0.132. The van der Waals surface area contributed by atoms with Crippen molar-refractivity contribution in [2.24, 2.45) is 0 Å². The van der Waals surface area contributed by atoms with Gasteiger partial charge in [-0.05, 0) is 49.1 Å². The van der Waals surface area contributed by atoms with Crippen LogP contribution in [-0.4, -0.2) is 29.3 Å². The first-order valence-electron chi connectivity index (χ1n) is 9.28. The number of rotatable bonds is 8. The lowest BCUT2D eigenvalue weighted by molar-refractivity contribution is -0.140. The maximum Gasteiger partial charge on any atom is 0.242 e. The molecule has 0 aromatic heterocycles. The summed E-state index contributed by atoms with van der Waals surface area (Å²) in [7, 11) is 0. The second-order valence-electron chi connectivity index (χ2n) is 6.72. The SMILES string of the molecule is CCCNC(=O)C(C)N(Cc1ccc(F)cc1)C(=O)Cc1ccccc1C. The van der Waals surface area contributed by atoms with Crippen molar-refractivity contribution in [3.05, 3.63) is 71.0 Å². The van der Waals surface area contributed by atoms with Gasteiger partial charge in [-0.25, -0.2) is 4.39 Å². The van der Waals surface area contributed by atoms with Crippen molar-refractivity contribution >= 4 is 11.8 Å². The third-order valence-electron chi connectivity index (χ3n) is 4.59. The Labute approximate surface area is 160 Å². The third kappa shape index (κ3) is 5.91. The van der Waals surface area contributed by atoms with Gasteiger partial charge in [-0.2, -0.15) is 0 Å². The standard InChI is InChI=1S/C22H27FN2O2/c1-4-13-24-22(27)17(3)25(15-18-9-11-20(23)12-10-18)21(26)14-19-8-6-5-7-16(19)2/h5-12,17H,4,13-15H2,1-3H3,(H,24,27). The summed E-state index contributed by atoms with van der Waals surface area (Å²) in [6.07, 6.45) is 1.05. The molecule has 0 fully saturated rings. The summed E-state index contributed by atoms with van der Waals surface area (Å²) in [6.45, 7) is 6.49. The van der Waals surface area contributed by atoms with Crippen molar-refractivity contribution in [3.63, 3.8) is 0 Å². The second kappa shape index (κ2) is 9.86. The van der Waals surface area contributed by atoms with Crippen molar-refractivity contribution in [2.45, 2.75) is 46.2 Å². The van der Waals surface area contributed by atoms with E-state index in [1.807, 2.05) is 38.1 Å². The average Bonchev–Trinajstić information content (AvgIpc) is 2.66.